The fourth-order valence-electron chi connectivity index (χ4n) is 3.45. The molecule has 4 heteroatoms. The van der Waals surface area contributed by atoms with Crippen LogP contribution in [0.5, 0.6) is 0 Å². The minimum absolute atomic E-state index is 0.269. The largest absolute Gasteiger partial charge is 0.342 e. The SMILES string of the molecule is Cc1ccsc1[C@@H]1C[C@H]1C(=O)N1CCC(CN(C)C)C1. The highest BCUT2D eigenvalue weighted by Gasteiger charge is 2.47. The van der Waals surface area contributed by atoms with Gasteiger partial charge in [-0.25, -0.2) is 0 Å². The minimum atomic E-state index is 0.269. The average Bonchev–Trinajstić information content (AvgIpc) is 2.83. The Bertz CT molecular complexity index is 496. The lowest BCUT2D eigenvalue weighted by Gasteiger charge is -2.18. The molecule has 3 nitrogen and oxygen atoms in total. The first kappa shape index (κ1) is 14.1. The van der Waals surface area contributed by atoms with E-state index < -0.39 is 0 Å². The summed E-state index contributed by atoms with van der Waals surface area (Å²) in [5, 5.41) is 2.15. The Hall–Kier alpha value is -0.870. The zero-order valence-electron chi connectivity index (χ0n) is 12.6. The lowest BCUT2D eigenvalue weighted by atomic mass is 10.1. The van der Waals surface area contributed by atoms with Crippen molar-refractivity contribution in [3.8, 4) is 0 Å². The normalized spacial score (nSPS) is 29.2. The number of rotatable bonds is 4. The Morgan fingerprint density at radius 2 is 2.30 bits per heavy atom. The summed E-state index contributed by atoms with van der Waals surface area (Å²) in [5.41, 5.74) is 1.36. The van der Waals surface area contributed by atoms with Crippen molar-refractivity contribution >= 4 is 17.2 Å². The predicted octanol–water partition coefficient (Wildman–Crippen LogP) is 2.57. The van der Waals surface area contributed by atoms with Crippen LogP contribution in [0.15, 0.2) is 11.4 Å². The van der Waals surface area contributed by atoms with Crippen LogP contribution in [-0.4, -0.2) is 49.4 Å². The van der Waals surface area contributed by atoms with Crippen LogP contribution in [0.1, 0.15) is 29.2 Å². The van der Waals surface area contributed by atoms with E-state index in [1.807, 2.05) is 11.3 Å². The van der Waals surface area contributed by atoms with E-state index in [0.717, 1.165) is 26.1 Å². The molecule has 0 N–H and O–H groups in total. The Balaban J connectivity index is 1.55. The zero-order chi connectivity index (χ0) is 14.3. The lowest BCUT2D eigenvalue weighted by Crippen LogP contribution is -2.32. The third-order valence-corrected chi connectivity index (χ3v) is 5.72. The van der Waals surface area contributed by atoms with Gasteiger partial charge in [0.1, 0.15) is 0 Å². The number of carbonyl (C=O) groups excluding carboxylic acids is 1. The van der Waals surface area contributed by atoms with Gasteiger partial charge >= 0.3 is 0 Å². The Labute approximate surface area is 125 Å². The minimum Gasteiger partial charge on any atom is -0.342 e. The highest BCUT2D eigenvalue weighted by molar-refractivity contribution is 7.10. The molecule has 1 aliphatic heterocycles. The van der Waals surface area contributed by atoms with Crippen molar-refractivity contribution in [1.29, 1.82) is 0 Å². The number of carbonyl (C=O) groups is 1. The second-order valence-electron chi connectivity index (χ2n) is 6.62. The topological polar surface area (TPSA) is 23.6 Å². The van der Waals surface area contributed by atoms with E-state index in [2.05, 4.69) is 42.3 Å². The number of hydrogen-bond donors (Lipinski definition) is 0. The molecule has 1 saturated carbocycles. The summed E-state index contributed by atoms with van der Waals surface area (Å²) in [5.74, 6) is 1.85. The van der Waals surface area contributed by atoms with Crippen LogP contribution < -0.4 is 0 Å². The van der Waals surface area contributed by atoms with Crippen molar-refractivity contribution in [3.05, 3.63) is 21.9 Å². The quantitative estimate of drug-likeness (QED) is 0.851. The van der Waals surface area contributed by atoms with Gasteiger partial charge in [-0.15, -0.1) is 11.3 Å². The maximum Gasteiger partial charge on any atom is 0.226 e. The van der Waals surface area contributed by atoms with Gasteiger partial charge in [-0.05, 0) is 56.8 Å². The van der Waals surface area contributed by atoms with Gasteiger partial charge in [-0.1, -0.05) is 0 Å². The van der Waals surface area contributed by atoms with Crippen molar-refractivity contribution in [2.45, 2.75) is 25.7 Å². The third-order valence-electron chi connectivity index (χ3n) is 4.57. The number of thiophene rings is 1. The van der Waals surface area contributed by atoms with E-state index >= 15 is 0 Å². The number of aryl methyl sites for hydroxylation is 1. The van der Waals surface area contributed by atoms with Gasteiger partial charge in [0, 0.05) is 36.3 Å². The van der Waals surface area contributed by atoms with Crippen LogP contribution in [0.2, 0.25) is 0 Å². The molecule has 0 radical (unpaired) electrons. The molecule has 110 valence electrons. The van der Waals surface area contributed by atoms with Crippen molar-refractivity contribution in [2.75, 3.05) is 33.7 Å². The second-order valence-corrected chi connectivity index (χ2v) is 7.57. The molecule has 0 aromatic carbocycles. The monoisotopic (exact) mass is 292 g/mol. The predicted molar refractivity (Wildman–Crippen MR) is 83.1 cm³/mol. The molecule has 1 unspecified atom stereocenters. The molecular formula is C16H24N2OS. The molecule has 1 aromatic heterocycles. The Kier molecular flexibility index (Phi) is 3.87. The number of likely N-dealkylation sites (tertiary alicyclic amines) is 1. The summed E-state index contributed by atoms with van der Waals surface area (Å²) in [7, 11) is 4.22. The van der Waals surface area contributed by atoms with Crippen molar-refractivity contribution in [2.24, 2.45) is 11.8 Å². The summed E-state index contributed by atoms with van der Waals surface area (Å²) in [6.07, 6.45) is 2.23. The summed E-state index contributed by atoms with van der Waals surface area (Å²) >= 11 is 1.82. The Morgan fingerprint density at radius 1 is 1.50 bits per heavy atom. The molecular weight excluding hydrogens is 268 g/mol. The van der Waals surface area contributed by atoms with Gasteiger partial charge in [0.2, 0.25) is 5.91 Å². The smallest absolute Gasteiger partial charge is 0.226 e. The summed E-state index contributed by atoms with van der Waals surface area (Å²) < 4.78 is 0. The molecule has 2 aliphatic rings. The van der Waals surface area contributed by atoms with E-state index in [0.29, 0.717) is 17.7 Å². The first-order valence-electron chi connectivity index (χ1n) is 7.53. The van der Waals surface area contributed by atoms with Crippen LogP contribution in [0, 0.1) is 18.8 Å². The number of nitrogens with zero attached hydrogens (tertiary/aromatic N) is 2. The molecule has 3 atom stereocenters. The molecule has 0 spiro atoms. The van der Waals surface area contributed by atoms with Crippen molar-refractivity contribution in [3.63, 3.8) is 0 Å². The molecule has 1 saturated heterocycles. The first-order valence-corrected chi connectivity index (χ1v) is 8.41. The van der Waals surface area contributed by atoms with Crippen molar-refractivity contribution < 1.29 is 4.79 Å². The van der Waals surface area contributed by atoms with E-state index in [4.69, 9.17) is 0 Å². The highest BCUT2D eigenvalue weighted by Crippen LogP contribution is 2.51. The van der Waals surface area contributed by atoms with Gasteiger partial charge in [0.25, 0.3) is 0 Å². The molecule has 1 amide bonds. The Morgan fingerprint density at radius 3 is 2.95 bits per heavy atom. The van der Waals surface area contributed by atoms with Crippen LogP contribution in [0.4, 0.5) is 0 Å². The fourth-order valence-corrected chi connectivity index (χ4v) is 4.56. The summed E-state index contributed by atoms with van der Waals surface area (Å²) in [6.45, 7) is 5.18. The molecule has 2 fully saturated rings. The van der Waals surface area contributed by atoms with E-state index in [-0.39, 0.29) is 5.92 Å². The van der Waals surface area contributed by atoms with Gasteiger partial charge in [0.15, 0.2) is 0 Å². The van der Waals surface area contributed by atoms with E-state index in [1.165, 1.54) is 16.9 Å². The van der Waals surface area contributed by atoms with Crippen LogP contribution >= 0.6 is 11.3 Å². The average molecular weight is 292 g/mol. The van der Waals surface area contributed by atoms with Crippen LogP contribution in [0.3, 0.4) is 0 Å². The molecule has 1 aromatic rings. The molecule has 3 rings (SSSR count). The van der Waals surface area contributed by atoms with Crippen molar-refractivity contribution in [1.82, 2.24) is 9.80 Å². The lowest BCUT2D eigenvalue weighted by molar-refractivity contribution is -0.131. The first-order chi connectivity index (χ1) is 9.56. The van der Waals surface area contributed by atoms with E-state index in [9.17, 15) is 4.79 Å². The van der Waals surface area contributed by atoms with Gasteiger partial charge in [-0.3, -0.25) is 4.79 Å². The van der Waals surface area contributed by atoms with Gasteiger partial charge < -0.3 is 9.80 Å². The van der Waals surface area contributed by atoms with Crippen LogP contribution in [-0.2, 0) is 4.79 Å². The number of amides is 1. The number of hydrogen-bond acceptors (Lipinski definition) is 3. The molecule has 1 aliphatic carbocycles. The highest BCUT2D eigenvalue weighted by atomic mass is 32.1. The summed E-state index contributed by atoms with van der Waals surface area (Å²) in [6, 6.07) is 2.17. The molecule has 0 bridgehead atoms. The fraction of sp³-hybridized carbons (Fsp3) is 0.688. The van der Waals surface area contributed by atoms with Crippen LogP contribution in [0.25, 0.3) is 0 Å². The van der Waals surface area contributed by atoms with Gasteiger partial charge in [-0.2, -0.15) is 0 Å². The molecule has 2 heterocycles. The maximum absolute atomic E-state index is 12.6. The third kappa shape index (κ3) is 2.77. The maximum atomic E-state index is 12.6. The second kappa shape index (κ2) is 5.49. The van der Waals surface area contributed by atoms with E-state index in [1.54, 1.807) is 0 Å². The zero-order valence-corrected chi connectivity index (χ0v) is 13.4. The van der Waals surface area contributed by atoms with Gasteiger partial charge in [0.05, 0.1) is 0 Å². The standard InChI is InChI=1S/C16H24N2OS/c1-11-5-7-20-15(11)13-8-14(13)16(19)18-6-4-12(10-18)9-17(2)3/h5,7,12-14H,4,6,8-10H2,1-3H3/t12?,13-,14-/m1/s1. The molecule has 20 heavy (non-hydrogen) atoms. The summed E-state index contributed by atoms with van der Waals surface area (Å²) in [4.78, 5) is 18.4.